The van der Waals surface area contributed by atoms with Gasteiger partial charge in [0.25, 0.3) is 0 Å². The van der Waals surface area contributed by atoms with Gasteiger partial charge in [-0.3, -0.25) is 9.50 Å². The number of nitrogens with one attached hydrogen (secondary N) is 1. The van der Waals surface area contributed by atoms with E-state index < -0.39 is 17.6 Å². The Hall–Kier alpha value is 0.470. The van der Waals surface area contributed by atoms with Gasteiger partial charge in [-0.05, 0) is 6.92 Å². The third kappa shape index (κ3) is 10.5. The van der Waals surface area contributed by atoms with Crippen molar-refractivity contribution in [2.24, 2.45) is 0 Å². The van der Waals surface area contributed by atoms with Crippen LogP contribution in [0.4, 0.5) is 0 Å². The zero-order valence-electron chi connectivity index (χ0n) is 14.2. The second kappa shape index (κ2) is 12.0. The van der Waals surface area contributed by atoms with Crippen LogP contribution in [0.3, 0.4) is 0 Å². The summed E-state index contributed by atoms with van der Waals surface area (Å²) in [5.41, 5.74) is 0. The molecule has 146 valence electrons. The number of quaternary nitrogens is 1. The minimum absolute atomic E-state index is 0.0226. The first-order chi connectivity index (χ1) is 11.2. The van der Waals surface area contributed by atoms with Crippen molar-refractivity contribution < 1.29 is 31.5 Å². The summed E-state index contributed by atoms with van der Waals surface area (Å²) in [5.74, 6) is 0.281. The van der Waals surface area contributed by atoms with Crippen LogP contribution in [0.5, 0.6) is 0 Å². The highest BCUT2D eigenvalue weighted by molar-refractivity contribution is 8.71. The molecule has 24 heavy (non-hydrogen) atoms. The van der Waals surface area contributed by atoms with E-state index in [1.807, 2.05) is 0 Å². The Kier molecular flexibility index (Phi) is 12.2. The smallest absolute Gasteiger partial charge is 0.206 e. The fourth-order valence-electron chi connectivity index (χ4n) is 1.96. The van der Waals surface area contributed by atoms with Gasteiger partial charge in [0.2, 0.25) is 8.87 Å². The normalized spacial score (nSPS) is 15.3. The number of hydrogen-bond donors (Lipinski definition) is 3. The lowest BCUT2D eigenvalue weighted by Gasteiger charge is -2.37. The number of nitrogens with zero attached hydrogens (tertiary/aromatic N) is 1. The minimum atomic E-state index is -3.22. The highest BCUT2D eigenvalue weighted by Crippen LogP contribution is 2.20. The van der Waals surface area contributed by atoms with Crippen molar-refractivity contribution in [2.75, 3.05) is 63.5 Å². The molecule has 0 aliphatic heterocycles. The first-order valence-electron chi connectivity index (χ1n) is 7.67. The Labute approximate surface area is 153 Å². The molecule has 0 aliphatic rings. The molecular weight excluding hydrogens is 396 g/mol. The van der Waals surface area contributed by atoms with Gasteiger partial charge in [-0.15, -0.1) is 0 Å². The molecule has 1 unspecified atom stereocenters. The summed E-state index contributed by atoms with van der Waals surface area (Å²) in [6.45, 7) is 4.83. The molecule has 0 fully saturated rings. The molecule has 0 spiro atoms. The van der Waals surface area contributed by atoms with Crippen LogP contribution in [0.1, 0.15) is 13.8 Å². The summed E-state index contributed by atoms with van der Waals surface area (Å²) >= 11 is 4.84. The van der Waals surface area contributed by atoms with E-state index in [4.69, 9.17) is 15.4 Å². The maximum atomic E-state index is 11.8. The van der Waals surface area contributed by atoms with Crippen molar-refractivity contribution in [3.8, 4) is 0 Å². The molecule has 0 bridgehead atoms. The van der Waals surface area contributed by atoms with Crippen LogP contribution in [0.2, 0.25) is 0 Å². The van der Waals surface area contributed by atoms with E-state index in [1.165, 1.54) is 0 Å². The van der Waals surface area contributed by atoms with Crippen LogP contribution < -0.4 is 5.32 Å². The minimum Gasteiger partial charge on any atom is -0.391 e. The van der Waals surface area contributed by atoms with Gasteiger partial charge < -0.3 is 14.7 Å². The standard InChI is InChI=1S/C12H29N2O6S4/c1-3-20-24(19,21)11-13-5-6-14(7-9-15,8-10-16)12-22-23(17,18)4-2/h13,15-16H,3-12H2,1-2H3/q+1. The molecular formula is C12H29N2O6S4+. The lowest BCUT2D eigenvalue weighted by atomic mass is 10.3. The maximum Gasteiger partial charge on any atom is 0.206 e. The van der Waals surface area contributed by atoms with E-state index in [-0.39, 0.29) is 41.8 Å². The average molecular weight is 426 g/mol. The van der Waals surface area contributed by atoms with Gasteiger partial charge in [0, 0.05) is 28.5 Å². The molecule has 0 saturated carbocycles. The van der Waals surface area contributed by atoms with E-state index in [0.717, 1.165) is 10.8 Å². The highest BCUT2D eigenvalue weighted by atomic mass is 33.1. The van der Waals surface area contributed by atoms with Gasteiger partial charge in [0.1, 0.15) is 19.0 Å². The Morgan fingerprint density at radius 1 is 1.12 bits per heavy atom. The second-order valence-corrected chi connectivity index (χ2v) is 12.7. The lowest BCUT2D eigenvalue weighted by molar-refractivity contribution is -0.915. The van der Waals surface area contributed by atoms with Crippen molar-refractivity contribution in [1.29, 1.82) is 0 Å². The van der Waals surface area contributed by atoms with E-state index in [9.17, 15) is 22.8 Å². The molecule has 0 aromatic rings. The van der Waals surface area contributed by atoms with E-state index >= 15 is 0 Å². The third-order valence-corrected chi connectivity index (χ3v) is 8.96. The van der Waals surface area contributed by atoms with Crippen LogP contribution in [-0.4, -0.2) is 90.8 Å². The monoisotopic (exact) mass is 425 g/mol. The predicted octanol–water partition coefficient (Wildman–Crippen LogP) is -0.927. The van der Waals surface area contributed by atoms with Gasteiger partial charge >= 0.3 is 0 Å². The fraction of sp³-hybridized carbons (Fsp3) is 1.00. The van der Waals surface area contributed by atoms with E-state index in [2.05, 4.69) is 5.32 Å². The topological polar surface area (TPSA) is 113 Å². The van der Waals surface area contributed by atoms with Gasteiger partial charge in [-0.1, -0.05) is 6.92 Å². The summed E-state index contributed by atoms with van der Waals surface area (Å²) in [7, 11) is -5.18. The van der Waals surface area contributed by atoms with E-state index in [0.29, 0.717) is 26.2 Å². The number of aliphatic hydroxyl groups excluding tert-OH is 2. The molecule has 0 heterocycles. The van der Waals surface area contributed by atoms with Gasteiger partial charge in [0.15, 0.2) is 8.77 Å². The molecule has 0 aromatic carbocycles. The first-order valence-corrected chi connectivity index (χ1v) is 13.4. The third-order valence-electron chi connectivity index (χ3n) is 3.35. The lowest BCUT2D eigenvalue weighted by Crippen LogP contribution is -2.54. The number of aliphatic hydroxyl groups is 2. The van der Waals surface area contributed by atoms with Crippen molar-refractivity contribution >= 4 is 39.6 Å². The summed E-state index contributed by atoms with van der Waals surface area (Å²) < 4.78 is 40.5. The van der Waals surface area contributed by atoms with Crippen molar-refractivity contribution in [3.05, 3.63) is 0 Å². The Balaban J connectivity index is 4.76. The Morgan fingerprint density at radius 2 is 1.71 bits per heavy atom. The molecule has 0 amide bonds. The summed E-state index contributed by atoms with van der Waals surface area (Å²) in [6, 6.07) is 0. The molecule has 0 saturated heterocycles. The highest BCUT2D eigenvalue weighted by Gasteiger charge is 2.29. The van der Waals surface area contributed by atoms with Crippen molar-refractivity contribution in [1.82, 2.24) is 5.32 Å². The molecule has 0 aromatic heterocycles. The van der Waals surface area contributed by atoms with Crippen LogP contribution >= 0.6 is 10.8 Å². The fourth-order valence-corrected chi connectivity index (χ4v) is 5.93. The predicted molar refractivity (Wildman–Crippen MR) is 101 cm³/mol. The summed E-state index contributed by atoms with van der Waals surface area (Å²) in [6.07, 6.45) is 0. The SMILES string of the molecule is CCOS(=O)(=S)CNCC[N+](CCO)(CCO)CSS(=O)(=O)CC. The van der Waals surface area contributed by atoms with E-state index in [1.54, 1.807) is 13.8 Å². The van der Waals surface area contributed by atoms with Crippen LogP contribution in [-0.2, 0) is 33.0 Å². The van der Waals surface area contributed by atoms with Gasteiger partial charge in [0.05, 0.1) is 38.0 Å². The molecule has 1 atom stereocenters. The maximum absolute atomic E-state index is 11.8. The molecule has 8 nitrogen and oxygen atoms in total. The molecule has 0 aliphatic carbocycles. The van der Waals surface area contributed by atoms with Crippen LogP contribution in [0.15, 0.2) is 0 Å². The van der Waals surface area contributed by atoms with Crippen molar-refractivity contribution in [2.45, 2.75) is 13.8 Å². The van der Waals surface area contributed by atoms with Gasteiger partial charge in [-0.2, -0.15) is 0 Å². The van der Waals surface area contributed by atoms with Crippen LogP contribution in [0.25, 0.3) is 0 Å². The van der Waals surface area contributed by atoms with Crippen LogP contribution in [0, 0.1) is 0 Å². The zero-order valence-corrected chi connectivity index (χ0v) is 17.4. The Morgan fingerprint density at radius 3 is 2.17 bits per heavy atom. The number of hydrogen-bond acceptors (Lipinski definition) is 9. The Bertz CT molecular complexity index is 532. The largest absolute Gasteiger partial charge is 0.391 e. The van der Waals surface area contributed by atoms with Crippen molar-refractivity contribution in [3.63, 3.8) is 0 Å². The summed E-state index contributed by atoms with van der Waals surface area (Å²) in [4.78, 5) is 0. The quantitative estimate of drug-likeness (QED) is 0.133. The molecule has 0 radical (unpaired) electrons. The summed E-state index contributed by atoms with van der Waals surface area (Å²) in [5, 5.41) is 21.6. The number of rotatable bonds is 15. The average Bonchev–Trinajstić information content (AvgIpc) is 2.50. The second-order valence-electron chi connectivity index (χ2n) is 5.16. The molecule has 3 N–H and O–H groups in total. The van der Waals surface area contributed by atoms with Gasteiger partial charge in [-0.25, -0.2) is 12.6 Å². The molecule has 0 rings (SSSR count). The molecule has 12 heteroatoms. The first kappa shape index (κ1) is 24.5. The zero-order chi connectivity index (χ0) is 18.7.